The van der Waals surface area contributed by atoms with Gasteiger partial charge in [0.05, 0.1) is 11.2 Å². The first-order valence-electron chi connectivity index (χ1n) is 14.7. The van der Waals surface area contributed by atoms with Gasteiger partial charge >= 0.3 is 11.7 Å². The number of carbonyl (C=O) groups excluding carboxylic acids is 2. The zero-order chi connectivity index (χ0) is 29.5. The van der Waals surface area contributed by atoms with Crippen LogP contribution in [0.15, 0.2) is 41.3 Å². The summed E-state index contributed by atoms with van der Waals surface area (Å²) in [5, 5.41) is 2.71. The van der Waals surface area contributed by atoms with E-state index in [-0.39, 0.29) is 17.8 Å². The second-order valence-electron chi connectivity index (χ2n) is 12.8. The van der Waals surface area contributed by atoms with Gasteiger partial charge in [0.15, 0.2) is 0 Å². The second-order valence-corrected chi connectivity index (χ2v) is 12.8. The number of carbonyl (C=O) groups is 2. The van der Waals surface area contributed by atoms with Crippen LogP contribution in [-0.2, 0) is 11.2 Å². The molecule has 1 aliphatic carbocycles. The highest BCUT2D eigenvalue weighted by Gasteiger charge is 2.55. The number of hydrogen-bond acceptors (Lipinski definition) is 7. The number of amides is 3. The van der Waals surface area contributed by atoms with Crippen LogP contribution in [0.25, 0.3) is 5.69 Å². The number of piperazine rings is 1. The van der Waals surface area contributed by atoms with Crippen molar-refractivity contribution >= 4 is 17.8 Å². The Labute approximate surface area is 241 Å². The van der Waals surface area contributed by atoms with E-state index in [2.05, 4.69) is 41.2 Å². The lowest BCUT2D eigenvalue weighted by atomic mass is 9.94. The Morgan fingerprint density at radius 1 is 1.02 bits per heavy atom. The summed E-state index contributed by atoms with van der Waals surface area (Å²) in [5.41, 5.74) is 12.4. The Kier molecular flexibility index (Phi) is 8.22. The first-order chi connectivity index (χ1) is 19.5. The number of piperidine rings is 1. The minimum Gasteiger partial charge on any atom is -0.338 e. The molecule has 0 bridgehead atoms. The summed E-state index contributed by atoms with van der Waals surface area (Å²) >= 11 is 0. The number of urea groups is 1. The zero-order valence-corrected chi connectivity index (χ0v) is 24.6. The van der Waals surface area contributed by atoms with Gasteiger partial charge in [0.1, 0.15) is 5.82 Å². The Hall–Kier alpha value is -3.28. The van der Waals surface area contributed by atoms with Crippen LogP contribution in [0.1, 0.15) is 33.3 Å². The molecule has 3 fully saturated rings. The van der Waals surface area contributed by atoms with Gasteiger partial charge in [-0.25, -0.2) is 9.59 Å². The summed E-state index contributed by atoms with van der Waals surface area (Å²) in [4.78, 5) is 48.0. The third-order valence-electron chi connectivity index (χ3n) is 9.01. The molecule has 0 radical (unpaired) electrons. The van der Waals surface area contributed by atoms with Gasteiger partial charge < -0.3 is 21.3 Å². The molecule has 4 atom stereocenters. The van der Waals surface area contributed by atoms with E-state index < -0.39 is 11.2 Å². The lowest BCUT2D eigenvalue weighted by Gasteiger charge is -2.37. The number of anilines is 1. The molecule has 1 aromatic carbocycles. The highest BCUT2D eigenvalue weighted by molar-refractivity contribution is 5.89. The van der Waals surface area contributed by atoms with Crippen LogP contribution < -0.4 is 22.5 Å². The molecule has 2 aromatic rings. The monoisotopic (exact) mass is 564 g/mol. The topological polar surface area (TPSA) is 143 Å². The molecule has 1 aromatic heterocycles. The molecule has 11 heteroatoms. The molecule has 3 heterocycles. The van der Waals surface area contributed by atoms with E-state index in [0.29, 0.717) is 38.1 Å². The Morgan fingerprint density at radius 3 is 2.17 bits per heavy atom. The number of nitrogens with one attached hydrogen (secondary N) is 1. The van der Waals surface area contributed by atoms with Gasteiger partial charge in [0.25, 0.3) is 0 Å². The van der Waals surface area contributed by atoms with Crippen molar-refractivity contribution < 1.29 is 9.59 Å². The second kappa shape index (κ2) is 11.5. The molecule has 11 nitrogen and oxygen atoms in total. The van der Waals surface area contributed by atoms with Crippen molar-refractivity contribution in [3.05, 3.63) is 52.6 Å². The molecule has 1 unspecified atom stereocenters. The lowest BCUT2D eigenvalue weighted by Crippen LogP contribution is -2.58. The highest BCUT2D eigenvalue weighted by atomic mass is 16.2. The summed E-state index contributed by atoms with van der Waals surface area (Å²) in [6, 6.07) is 9.81. The highest BCUT2D eigenvalue weighted by Crippen LogP contribution is 2.51. The van der Waals surface area contributed by atoms with Gasteiger partial charge in [0.2, 0.25) is 5.91 Å². The average Bonchev–Trinajstić information content (AvgIpc) is 3.41. The minimum absolute atomic E-state index is 0.139. The molecule has 5 N–H and O–H groups in total. The fourth-order valence-electron chi connectivity index (χ4n) is 6.50. The molecule has 222 valence electrons. The van der Waals surface area contributed by atoms with Crippen molar-refractivity contribution in [1.82, 2.24) is 24.3 Å². The maximum absolute atomic E-state index is 12.8. The van der Waals surface area contributed by atoms with Crippen molar-refractivity contribution in [3.8, 4) is 5.69 Å². The van der Waals surface area contributed by atoms with Gasteiger partial charge in [0, 0.05) is 51.5 Å². The van der Waals surface area contributed by atoms with Crippen molar-refractivity contribution in [2.75, 3.05) is 51.1 Å². The number of nitrogens with zero attached hydrogens (tertiary/aromatic N) is 5. The van der Waals surface area contributed by atoms with E-state index >= 15 is 0 Å². The first-order valence-corrected chi connectivity index (χ1v) is 14.7. The van der Waals surface area contributed by atoms with Crippen molar-refractivity contribution in [2.24, 2.45) is 35.1 Å². The standard InChI is InChI=1S/C30H44N8O3/c1-19(2)25(37-17-23-22(16-31)24(23)18-37)15-20-5-7-21(8-6-20)38-10-9-26(34-29(38)41)33-28(40)36-13-11-35(12-14-36)27(39)30(3,4)32/h5-10,19,22-25H,11-18,31-32H2,1-4H3,(H,33,34,40,41)/t22-,23-,24+,25?. The van der Waals surface area contributed by atoms with E-state index in [1.807, 2.05) is 12.1 Å². The van der Waals surface area contributed by atoms with Gasteiger partial charge in [-0.05, 0) is 74.2 Å². The summed E-state index contributed by atoms with van der Waals surface area (Å²) in [5.74, 6) is 2.88. The molecule has 1 saturated carbocycles. The van der Waals surface area contributed by atoms with Gasteiger partial charge in [-0.3, -0.25) is 19.6 Å². The molecule has 3 amide bonds. The number of likely N-dealkylation sites (tertiary alicyclic amines) is 1. The quantitative estimate of drug-likeness (QED) is 0.439. The van der Waals surface area contributed by atoms with Gasteiger partial charge in [-0.1, -0.05) is 26.0 Å². The first kappa shape index (κ1) is 29.2. The van der Waals surface area contributed by atoms with E-state index in [9.17, 15) is 14.4 Å². The smallest absolute Gasteiger partial charge is 0.338 e. The van der Waals surface area contributed by atoms with E-state index in [1.54, 1.807) is 35.9 Å². The zero-order valence-electron chi connectivity index (χ0n) is 24.6. The number of hydrogen-bond donors (Lipinski definition) is 3. The maximum Gasteiger partial charge on any atom is 0.354 e. The summed E-state index contributed by atoms with van der Waals surface area (Å²) in [7, 11) is 0. The summed E-state index contributed by atoms with van der Waals surface area (Å²) in [6.45, 7) is 12.6. The summed E-state index contributed by atoms with van der Waals surface area (Å²) < 4.78 is 1.47. The molecule has 0 spiro atoms. The molecule has 5 rings (SSSR count). The minimum atomic E-state index is -0.946. The van der Waals surface area contributed by atoms with E-state index in [0.717, 1.165) is 49.5 Å². The lowest BCUT2D eigenvalue weighted by molar-refractivity contribution is -0.137. The van der Waals surface area contributed by atoms with Gasteiger partial charge in [-0.15, -0.1) is 0 Å². The van der Waals surface area contributed by atoms with Crippen molar-refractivity contribution in [3.63, 3.8) is 0 Å². The Bertz CT molecular complexity index is 1300. The number of benzene rings is 1. The average molecular weight is 565 g/mol. The van der Waals surface area contributed by atoms with E-state index in [1.165, 1.54) is 10.1 Å². The van der Waals surface area contributed by atoms with Crippen LogP contribution in [0.5, 0.6) is 0 Å². The Morgan fingerprint density at radius 2 is 1.63 bits per heavy atom. The summed E-state index contributed by atoms with van der Waals surface area (Å²) in [6.07, 6.45) is 2.59. The molecule has 2 aliphatic heterocycles. The number of nitrogens with two attached hydrogens (primary N) is 2. The molecule has 3 aliphatic rings. The number of aromatic nitrogens is 2. The largest absolute Gasteiger partial charge is 0.354 e. The van der Waals surface area contributed by atoms with Crippen LogP contribution >= 0.6 is 0 Å². The predicted octanol–water partition coefficient (Wildman–Crippen LogP) is 1.35. The maximum atomic E-state index is 12.8. The number of fused-ring (bicyclic) bond motifs is 1. The van der Waals surface area contributed by atoms with E-state index in [4.69, 9.17) is 11.5 Å². The Balaban J connectivity index is 1.16. The SMILES string of the molecule is CC(C)C(Cc1ccc(-n2ccc(NC(=O)N3CCN(C(=O)C(C)(C)N)CC3)nc2=O)cc1)N1C[C@@H]2[C@@H](CN)[C@@H]2C1. The van der Waals surface area contributed by atoms with Crippen LogP contribution in [-0.4, -0.2) is 93.6 Å². The van der Waals surface area contributed by atoms with Crippen LogP contribution in [0, 0.1) is 23.7 Å². The van der Waals surface area contributed by atoms with Crippen LogP contribution in [0.2, 0.25) is 0 Å². The molecular formula is C30H44N8O3. The molecule has 2 saturated heterocycles. The van der Waals surface area contributed by atoms with Crippen molar-refractivity contribution in [1.29, 1.82) is 0 Å². The van der Waals surface area contributed by atoms with Crippen molar-refractivity contribution in [2.45, 2.75) is 45.7 Å². The fraction of sp³-hybridized carbons (Fsp3) is 0.600. The number of rotatable bonds is 8. The van der Waals surface area contributed by atoms with Crippen LogP contribution in [0.4, 0.5) is 10.6 Å². The molecule has 41 heavy (non-hydrogen) atoms. The molecular weight excluding hydrogens is 520 g/mol. The fourth-order valence-corrected chi connectivity index (χ4v) is 6.50. The predicted molar refractivity (Wildman–Crippen MR) is 159 cm³/mol. The van der Waals surface area contributed by atoms with Gasteiger partial charge in [-0.2, -0.15) is 4.98 Å². The third-order valence-corrected chi connectivity index (χ3v) is 9.01. The third kappa shape index (κ3) is 6.32. The van der Waals surface area contributed by atoms with Crippen LogP contribution in [0.3, 0.4) is 0 Å². The normalized spacial score (nSPS) is 23.4.